The molecule has 2 rings (SSSR count). The van der Waals surface area contributed by atoms with Crippen molar-refractivity contribution in [2.45, 2.75) is 64.6 Å². The molecule has 2 unspecified atom stereocenters. The molecule has 2 heterocycles. The van der Waals surface area contributed by atoms with Gasteiger partial charge >= 0.3 is 6.09 Å². The quantitative estimate of drug-likeness (QED) is 0.929. The highest BCUT2D eigenvalue weighted by Crippen LogP contribution is 2.19. The Labute approximate surface area is 139 Å². The molecule has 0 saturated carbocycles. The Morgan fingerprint density at radius 2 is 2.13 bits per heavy atom. The van der Waals surface area contributed by atoms with Gasteiger partial charge in [-0.25, -0.2) is 4.79 Å². The number of likely N-dealkylation sites (tertiary alicyclic amines) is 1. The molecule has 1 aromatic rings. The van der Waals surface area contributed by atoms with E-state index in [1.807, 2.05) is 49.8 Å². The largest absolute Gasteiger partial charge is 0.444 e. The van der Waals surface area contributed by atoms with Gasteiger partial charge < -0.3 is 15.0 Å². The first-order valence-electron chi connectivity index (χ1n) is 8.47. The van der Waals surface area contributed by atoms with Crippen LogP contribution in [0.1, 0.15) is 58.6 Å². The maximum atomic E-state index is 12.2. The Morgan fingerprint density at radius 1 is 1.39 bits per heavy atom. The van der Waals surface area contributed by atoms with E-state index in [1.54, 1.807) is 0 Å². The van der Waals surface area contributed by atoms with Gasteiger partial charge in [-0.05, 0) is 47.0 Å². The number of carbonyl (C=O) groups is 1. The Kier molecular flexibility index (Phi) is 5.68. The number of rotatable bonds is 3. The number of aromatic nitrogens is 2. The van der Waals surface area contributed by atoms with Crippen LogP contribution < -0.4 is 5.32 Å². The Bertz CT molecular complexity index is 521. The minimum Gasteiger partial charge on any atom is -0.444 e. The molecule has 6 heteroatoms. The molecule has 130 valence electrons. The minimum absolute atomic E-state index is 0.196. The van der Waals surface area contributed by atoms with Gasteiger partial charge in [0.05, 0.1) is 6.20 Å². The predicted molar refractivity (Wildman–Crippen MR) is 90.2 cm³/mol. The number of nitrogens with zero attached hydrogens (tertiary/aromatic N) is 3. The van der Waals surface area contributed by atoms with Gasteiger partial charge in [0.2, 0.25) is 0 Å². The van der Waals surface area contributed by atoms with Gasteiger partial charge in [0.25, 0.3) is 0 Å². The lowest BCUT2D eigenvalue weighted by molar-refractivity contribution is 0.0256. The highest BCUT2D eigenvalue weighted by atomic mass is 16.6. The first kappa shape index (κ1) is 17.8. The SMILES string of the molecule is CC(NC1CCCN(C(=O)OC(C)(C)C)CC1)c1cnn(C)c1. The number of aryl methyl sites for hydroxylation is 1. The van der Waals surface area contributed by atoms with Crippen LogP contribution in [0.2, 0.25) is 0 Å². The molecule has 1 amide bonds. The second-order valence-corrected chi connectivity index (χ2v) is 7.43. The van der Waals surface area contributed by atoms with Crippen molar-refractivity contribution in [3.8, 4) is 0 Å². The van der Waals surface area contributed by atoms with Crippen molar-refractivity contribution in [2.75, 3.05) is 13.1 Å². The molecule has 0 aliphatic carbocycles. The van der Waals surface area contributed by atoms with E-state index in [9.17, 15) is 4.79 Å². The zero-order valence-corrected chi connectivity index (χ0v) is 15.0. The summed E-state index contributed by atoms with van der Waals surface area (Å²) in [7, 11) is 1.93. The number of hydrogen-bond donors (Lipinski definition) is 1. The van der Waals surface area contributed by atoms with Crippen LogP contribution in [0.15, 0.2) is 12.4 Å². The van der Waals surface area contributed by atoms with E-state index < -0.39 is 5.60 Å². The van der Waals surface area contributed by atoms with Crippen molar-refractivity contribution < 1.29 is 9.53 Å². The molecular weight excluding hydrogens is 292 g/mol. The van der Waals surface area contributed by atoms with Crippen LogP contribution in [0, 0.1) is 0 Å². The van der Waals surface area contributed by atoms with Crippen molar-refractivity contribution in [3.05, 3.63) is 18.0 Å². The van der Waals surface area contributed by atoms with E-state index in [4.69, 9.17) is 4.74 Å². The van der Waals surface area contributed by atoms with Crippen molar-refractivity contribution in [1.29, 1.82) is 0 Å². The zero-order chi connectivity index (χ0) is 17.0. The number of nitrogens with one attached hydrogen (secondary N) is 1. The summed E-state index contributed by atoms with van der Waals surface area (Å²) in [6, 6.07) is 0.680. The van der Waals surface area contributed by atoms with Crippen LogP contribution in [-0.4, -0.2) is 45.5 Å². The summed E-state index contributed by atoms with van der Waals surface area (Å²) in [5.41, 5.74) is 0.760. The van der Waals surface area contributed by atoms with Gasteiger partial charge in [0.15, 0.2) is 0 Å². The summed E-state index contributed by atoms with van der Waals surface area (Å²) in [6.45, 7) is 9.39. The molecule has 1 saturated heterocycles. The maximum Gasteiger partial charge on any atom is 0.410 e. The summed E-state index contributed by atoms with van der Waals surface area (Å²) in [4.78, 5) is 14.0. The average Bonchev–Trinajstić information content (AvgIpc) is 2.73. The lowest BCUT2D eigenvalue weighted by atomic mass is 10.1. The fraction of sp³-hybridized carbons (Fsp3) is 0.765. The smallest absolute Gasteiger partial charge is 0.410 e. The summed E-state index contributed by atoms with van der Waals surface area (Å²) in [5.74, 6) is 0. The fourth-order valence-electron chi connectivity index (χ4n) is 2.89. The average molecular weight is 322 g/mol. The molecule has 0 aromatic carbocycles. The van der Waals surface area contributed by atoms with Crippen molar-refractivity contribution in [3.63, 3.8) is 0 Å². The van der Waals surface area contributed by atoms with Gasteiger partial charge in [-0.3, -0.25) is 4.68 Å². The number of ether oxygens (including phenoxy) is 1. The van der Waals surface area contributed by atoms with Crippen molar-refractivity contribution >= 4 is 6.09 Å². The molecule has 23 heavy (non-hydrogen) atoms. The van der Waals surface area contributed by atoms with E-state index in [2.05, 4.69) is 17.3 Å². The maximum absolute atomic E-state index is 12.2. The van der Waals surface area contributed by atoms with E-state index in [0.29, 0.717) is 6.04 Å². The molecule has 6 nitrogen and oxygen atoms in total. The summed E-state index contributed by atoms with van der Waals surface area (Å²) < 4.78 is 7.30. The molecule has 1 N–H and O–H groups in total. The molecule has 1 aromatic heterocycles. The molecule has 0 spiro atoms. The molecule has 1 aliphatic rings. The fourth-order valence-corrected chi connectivity index (χ4v) is 2.89. The molecule has 1 fully saturated rings. The van der Waals surface area contributed by atoms with Crippen LogP contribution in [0.25, 0.3) is 0 Å². The van der Waals surface area contributed by atoms with Crippen LogP contribution in [-0.2, 0) is 11.8 Å². The van der Waals surface area contributed by atoms with Crippen LogP contribution in [0.5, 0.6) is 0 Å². The van der Waals surface area contributed by atoms with E-state index in [1.165, 1.54) is 5.56 Å². The molecule has 0 bridgehead atoms. The topological polar surface area (TPSA) is 59.4 Å². The van der Waals surface area contributed by atoms with Crippen molar-refractivity contribution in [2.24, 2.45) is 7.05 Å². The third-order valence-electron chi connectivity index (χ3n) is 4.09. The Morgan fingerprint density at radius 3 is 2.74 bits per heavy atom. The second kappa shape index (κ2) is 7.34. The monoisotopic (exact) mass is 322 g/mol. The number of hydrogen-bond acceptors (Lipinski definition) is 4. The van der Waals surface area contributed by atoms with Crippen molar-refractivity contribution in [1.82, 2.24) is 20.0 Å². The van der Waals surface area contributed by atoms with Gasteiger partial charge in [0.1, 0.15) is 5.60 Å². The first-order chi connectivity index (χ1) is 10.7. The third kappa shape index (κ3) is 5.53. The lowest BCUT2D eigenvalue weighted by Gasteiger charge is -2.26. The van der Waals surface area contributed by atoms with Gasteiger partial charge in [-0.1, -0.05) is 0 Å². The normalized spacial score (nSPS) is 20.9. The Hall–Kier alpha value is -1.56. The standard InChI is InChI=1S/C17H30N4O2/c1-13(14-11-18-20(5)12-14)19-15-7-6-9-21(10-8-15)16(22)23-17(2,3)4/h11-13,15,19H,6-10H2,1-5H3. The molecule has 1 aliphatic heterocycles. The molecule has 0 radical (unpaired) electrons. The van der Waals surface area contributed by atoms with Gasteiger partial charge in [-0.15, -0.1) is 0 Å². The highest BCUT2D eigenvalue weighted by molar-refractivity contribution is 5.68. The number of carbonyl (C=O) groups excluding carboxylic acids is 1. The van der Waals surface area contributed by atoms with E-state index in [-0.39, 0.29) is 12.1 Å². The highest BCUT2D eigenvalue weighted by Gasteiger charge is 2.25. The van der Waals surface area contributed by atoms with Crippen LogP contribution in [0.3, 0.4) is 0 Å². The van der Waals surface area contributed by atoms with Crippen LogP contribution >= 0.6 is 0 Å². The summed E-state index contributed by atoms with van der Waals surface area (Å²) in [6.07, 6.45) is 6.77. The van der Waals surface area contributed by atoms with E-state index in [0.717, 1.165) is 32.4 Å². The molecular formula is C17H30N4O2. The minimum atomic E-state index is -0.435. The summed E-state index contributed by atoms with van der Waals surface area (Å²) in [5, 5.41) is 7.89. The Balaban J connectivity index is 1.85. The lowest BCUT2D eigenvalue weighted by Crippen LogP contribution is -2.38. The van der Waals surface area contributed by atoms with Gasteiger partial charge in [0, 0.05) is 44.0 Å². The number of amides is 1. The van der Waals surface area contributed by atoms with Crippen LogP contribution in [0.4, 0.5) is 4.79 Å². The second-order valence-electron chi connectivity index (χ2n) is 7.43. The molecule has 2 atom stereocenters. The predicted octanol–water partition coefficient (Wildman–Crippen LogP) is 2.86. The van der Waals surface area contributed by atoms with Gasteiger partial charge in [-0.2, -0.15) is 5.10 Å². The third-order valence-corrected chi connectivity index (χ3v) is 4.09. The summed E-state index contributed by atoms with van der Waals surface area (Å²) >= 11 is 0. The zero-order valence-electron chi connectivity index (χ0n) is 15.0. The van der Waals surface area contributed by atoms with E-state index >= 15 is 0 Å². The first-order valence-corrected chi connectivity index (χ1v) is 8.47.